The van der Waals surface area contributed by atoms with E-state index < -0.39 is 6.10 Å². The highest BCUT2D eigenvalue weighted by Gasteiger charge is 2.09. The van der Waals surface area contributed by atoms with E-state index in [-0.39, 0.29) is 6.61 Å². The molecule has 4 nitrogen and oxygen atoms in total. The van der Waals surface area contributed by atoms with Crippen LogP contribution in [0.25, 0.3) is 0 Å². The number of aliphatic hydroxyl groups excluding tert-OH is 1. The standard InChI is InChI=1S/C23H26N2O2/c26-22(19-27-23-14-8-3-9-15-23)18-24-16-17-25(20-10-4-1-5-11-20)21-12-6-2-7-13-21/h1-15,22,24,26H,16-19H2. The predicted molar refractivity (Wildman–Crippen MR) is 111 cm³/mol. The van der Waals surface area contributed by atoms with Gasteiger partial charge in [0.1, 0.15) is 18.5 Å². The summed E-state index contributed by atoms with van der Waals surface area (Å²) < 4.78 is 5.58. The molecule has 3 aromatic rings. The van der Waals surface area contributed by atoms with E-state index in [0.717, 1.165) is 30.2 Å². The average molecular weight is 362 g/mol. The van der Waals surface area contributed by atoms with Gasteiger partial charge in [-0.25, -0.2) is 0 Å². The lowest BCUT2D eigenvalue weighted by molar-refractivity contribution is 0.107. The molecular formula is C23H26N2O2. The molecule has 1 atom stereocenters. The molecule has 140 valence electrons. The van der Waals surface area contributed by atoms with Crippen LogP contribution in [-0.4, -0.2) is 37.5 Å². The molecule has 0 aromatic heterocycles. The van der Waals surface area contributed by atoms with Crippen LogP contribution in [0.1, 0.15) is 0 Å². The van der Waals surface area contributed by atoms with E-state index in [9.17, 15) is 5.11 Å². The zero-order valence-corrected chi connectivity index (χ0v) is 15.4. The van der Waals surface area contributed by atoms with E-state index in [1.54, 1.807) is 0 Å². The molecule has 0 radical (unpaired) electrons. The lowest BCUT2D eigenvalue weighted by atomic mass is 10.2. The van der Waals surface area contributed by atoms with Gasteiger partial charge in [0.2, 0.25) is 0 Å². The molecule has 4 heteroatoms. The first-order valence-corrected chi connectivity index (χ1v) is 9.27. The average Bonchev–Trinajstić information content (AvgIpc) is 2.74. The van der Waals surface area contributed by atoms with Crippen molar-refractivity contribution in [2.75, 3.05) is 31.1 Å². The van der Waals surface area contributed by atoms with E-state index in [1.807, 2.05) is 66.7 Å². The fraction of sp³-hybridized carbons (Fsp3) is 0.217. The molecule has 0 saturated carbocycles. The quantitative estimate of drug-likeness (QED) is 0.538. The highest BCUT2D eigenvalue weighted by Crippen LogP contribution is 2.24. The van der Waals surface area contributed by atoms with Gasteiger partial charge in [-0.3, -0.25) is 0 Å². The fourth-order valence-corrected chi connectivity index (χ4v) is 2.85. The number of nitrogens with one attached hydrogen (secondary N) is 1. The first kappa shape index (κ1) is 19.0. The number of nitrogens with zero attached hydrogens (tertiary/aromatic N) is 1. The summed E-state index contributed by atoms with van der Waals surface area (Å²) in [5, 5.41) is 13.4. The van der Waals surface area contributed by atoms with E-state index in [2.05, 4.69) is 34.5 Å². The molecule has 3 aromatic carbocycles. The Morgan fingerprint density at radius 1 is 0.778 bits per heavy atom. The molecule has 0 heterocycles. The number of hydrogen-bond acceptors (Lipinski definition) is 4. The Bertz CT molecular complexity index is 727. The second-order valence-electron chi connectivity index (χ2n) is 6.30. The summed E-state index contributed by atoms with van der Waals surface area (Å²) >= 11 is 0. The minimum absolute atomic E-state index is 0.276. The molecule has 0 aliphatic rings. The number of benzene rings is 3. The summed E-state index contributed by atoms with van der Waals surface area (Å²) in [4.78, 5) is 2.26. The van der Waals surface area contributed by atoms with Crippen molar-refractivity contribution in [3.63, 3.8) is 0 Å². The highest BCUT2D eigenvalue weighted by atomic mass is 16.5. The van der Waals surface area contributed by atoms with Crippen LogP contribution in [0.5, 0.6) is 5.75 Å². The van der Waals surface area contributed by atoms with Crippen LogP contribution in [-0.2, 0) is 0 Å². The minimum Gasteiger partial charge on any atom is -0.491 e. The van der Waals surface area contributed by atoms with Crippen LogP contribution < -0.4 is 15.0 Å². The van der Waals surface area contributed by atoms with Crippen LogP contribution in [0.4, 0.5) is 11.4 Å². The maximum absolute atomic E-state index is 10.1. The summed E-state index contributed by atoms with van der Waals surface area (Å²) in [5.74, 6) is 0.774. The monoisotopic (exact) mass is 362 g/mol. The van der Waals surface area contributed by atoms with Gasteiger partial charge >= 0.3 is 0 Å². The molecule has 3 rings (SSSR count). The second kappa shape index (κ2) is 10.4. The Morgan fingerprint density at radius 3 is 1.85 bits per heavy atom. The van der Waals surface area contributed by atoms with E-state index in [1.165, 1.54) is 0 Å². The van der Waals surface area contributed by atoms with E-state index >= 15 is 0 Å². The molecule has 1 unspecified atom stereocenters. The van der Waals surface area contributed by atoms with Gasteiger partial charge in [0.15, 0.2) is 0 Å². The molecule has 0 aliphatic heterocycles. The number of para-hydroxylation sites is 3. The maximum Gasteiger partial charge on any atom is 0.119 e. The van der Waals surface area contributed by atoms with E-state index in [0.29, 0.717) is 6.54 Å². The number of hydrogen-bond donors (Lipinski definition) is 2. The molecule has 0 spiro atoms. The molecule has 0 bridgehead atoms. The van der Waals surface area contributed by atoms with Crippen LogP contribution in [0.15, 0.2) is 91.0 Å². The molecule has 0 amide bonds. The van der Waals surface area contributed by atoms with Gasteiger partial charge < -0.3 is 20.1 Å². The minimum atomic E-state index is -0.549. The van der Waals surface area contributed by atoms with Gasteiger partial charge in [-0.15, -0.1) is 0 Å². The molecule has 27 heavy (non-hydrogen) atoms. The van der Waals surface area contributed by atoms with Crippen LogP contribution >= 0.6 is 0 Å². The summed E-state index contributed by atoms with van der Waals surface area (Å²) in [6.45, 7) is 2.33. The first-order valence-electron chi connectivity index (χ1n) is 9.27. The van der Waals surface area contributed by atoms with Gasteiger partial charge in [0.25, 0.3) is 0 Å². The smallest absolute Gasteiger partial charge is 0.119 e. The molecule has 0 aliphatic carbocycles. The largest absolute Gasteiger partial charge is 0.491 e. The van der Waals surface area contributed by atoms with Gasteiger partial charge in [-0.1, -0.05) is 54.6 Å². The Balaban J connectivity index is 1.46. The molecule has 0 fully saturated rings. The second-order valence-corrected chi connectivity index (χ2v) is 6.30. The lowest BCUT2D eigenvalue weighted by Gasteiger charge is -2.25. The molecular weight excluding hydrogens is 336 g/mol. The number of ether oxygens (including phenoxy) is 1. The van der Waals surface area contributed by atoms with Crippen molar-refractivity contribution in [2.24, 2.45) is 0 Å². The van der Waals surface area contributed by atoms with Crippen molar-refractivity contribution in [2.45, 2.75) is 6.10 Å². The van der Waals surface area contributed by atoms with Crippen molar-refractivity contribution in [1.29, 1.82) is 0 Å². The zero-order valence-electron chi connectivity index (χ0n) is 15.4. The third kappa shape index (κ3) is 6.13. The summed E-state index contributed by atoms with van der Waals surface area (Å²) in [5.41, 5.74) is 2.30. The SMILES string of the molecule is OC(CNCCN(c1ccccc1)c1ccccc1)COc1ccccc1. The van der Waals surface area contributed by atoms with Gasteiger partial charge in [-0.05, 0) is 36.4 Å². The van der Waals surface area contributed by atoms with Crippen molar-refractivity contribution in [3.8, 4) is 5.75 Å². The predicted octanol–water partition coefficient (Wildman–Crippen LogP) is 3.85. The number of aliphatic hydroxyl groups is 1. The Morgan fingerprint density at radius 2 is 1.30 bits per heavy atom. The van der Waals surface area contributed by atoms with Gasteiger partial charge in [0.05, 0.1) is 0 Å². The Hall–Kier alpha value is -2.82. The Labute approximate surface area is 161 Å². The highest BCUT2D eigenvalue weighted by molar-refractivity contribution is 5.62. The van der Waals surface area contributed by atoms with Crippen molar-refractivity contribution in [3.05, 3.63) is 91.0 Å². The topological polar surface area (TPSA) is 44.7 Å². The van der Waals surface area contributed by atoms with Crippen LogP contribution in [0.2, 0.25) is 0 Å². The summed E-state index contributed by atoms with van der Waals surface area (Å²) in [7, 11) is 0. The van der Waals surface area contributed by atoms with Crippen molar-refractivity contribution < 1.29 is 9.84 Å². The summed E-state index contributed by atoms with van der Waals surface area (Å²) in [6.07, 6.45) is -0.549. The number of anilines is 2. The van der Waals surface area contributed by atoms with Crippen molar-refractivity contribution >= 4 is 11.4 Å². The van der Waals surface area contributed by atoms with E-state index in [4.69, 9.17) is 4.74 Å². The molecule has 2 N–H and O–H groups in total. The first-order chi connectivity index (χ1) is 13.3. The van der Waals surface area contributed by atoms with Gasteiger partial charge in [-0.2, -0.15) is 0 Å². The third-order valence-electron chi connectivity index (χ3n) is 4.21. The van der Waals surface area contributed by atoms with Crippen LogP contribution in [0.3, 0.4) is 0 Å². The van der Waals surface area contributed by atoms with Gasteiger partial charge in [0, 0.05) is 31.0 Å². The number of rotatable bonds is 10. The maximum atomic E-state index is 10.1. The lowest BCUT2D eigenvalue weighted by Crippen LogP contribution is -2.36. The molecule has 0 saturated heterocycles. The zero-order chi connectivity index (χ0) is 18.7. The van der Waals surface area contributed by atoms with Crippen molar-refractivity contribution in [1.82, 2.24) is 5.32 Å². The normalized spacial score (nSPS) is 11.7. The fourth-order valence-electron chi connectivity index (χ4n) is 2.85. The third-order valence-corrected chi connectivity index (χ3v) is 4.21. The summed E-state index contributed by atoms with van der Waals surface area (Å²) in [6, 6.07) is 30.2. The Kier molecular flexibility index (Phi) is 7.27. The van der Waals surface area contributed by atoms with Crippen LogP contribution in [0, 0.1) is 0 Å².